The first-order valence-electron chi connectivity index (χ1n) is 4.59. The SMILES string of the molecule is O=C1CN(C(=O)CCl)CCSSCCN1. The molecule has 0 saturated carbocycles. The zero-order chi connectivity index (χ0) is 11.1. The Morgan fingerprint density at radius 3 is 2.93 bits per heavy atom. The quantitative estimate of drug-likeness (QED) is 0.558. The molecule has 0 aromatic carbocycles. The highest BCUT2D eigenvalue weighted by atomic mass is 35.5. The summed E-state index contributed by atoms with van der Waals surface area (Å²) in [6, 6.07) is 0. The van der Waals surface area contributed by atoms with Gasteiger partial charge in [0.15, 0.2) is 0 Å². The zero-order valence-corrected chi connectivity index (χ0v) is 10.6. The molecule has 0 atom stereocenters. The van der Waals surface area contributed by atoms with E-state index in [-0.39, 0.29) is 24.2 Å². The van der Waals surface area contributed by atoms with E-state index < -0.39 is 0 Å². The summed E-state index contributed by atoms with van der Waals surface area (Å²) in [7, 11) is 3.42. The van der Waals surface area contributed by atoms with Crippen LogP contribution in [-0.2, 0) is 9.59 Å². The predicted octanol–water partition coefficient (Wildman–Crippen LogP) is 0.565. The molecule has 1 N–H and O–H groups in total. The van der Waals surface area contributed by atoms with Crippen LogP contribution in [0.15, 0.2) is 0 Å². The second-order valence-electron chi connectivity index (χ2n) is 2.94. The molecule has 15 heavy (non-hydrogen) atoms. The van der Waals surface area contributed by atoms with Crippen molar-refractivity contribution >= 4 is 45.0 Å². The molecule has 1 saturated heterocycles. The van der Waals surface area contributed by atoms with Gasteiger partial charge in [-0.1, -0.05) is 21.6 Å². The van der Waals surface area contributed by atoms with E-state index in [1.54, 1.807) is 21.6 Å². The van der Waals surface area contributed by atoms with Crippen molar-refractivity contribution in [1.29, 1.82) is 0 Å². The molecule has 0 unspecified atom stereocenters. The van der Waals surface area contributed by atoms with Gasteiger partial charge in [-0.3, -0.25) is 9.59 Å². The van der Waals surface area contributed by atoms with Crippen LogP contribution in [0.1, 0.15) is 0 Å². The van der Waals surface area contributed by atoms with Crippen LogP contribution in [0, 0.1) is 0 Å². The van der Waals surface area contributed by atoms with Crippen molar-refractivity contribution in [2.45, 2.75) is 0 Å². The standard InChI is InChI=1S/C8H13ClN2O2S2/c9-5-8(13)11-2-4-15-14-3-1-10-7(12)6-11/h1-6H2,(H,10,12). The largest absolute Gasteiger partial charge is 0.354 e. The molecule has 4 nitrogen and oxygen atoms in total. The number of hydrogen-bond donors (Lipinski definition) is 1. The monoisotopic (exact) mass is 268 g/mol. The number of rotatable bonds is 1. The van der Waals surface area contributed by atoms with Gasteiger partial charge < -0.3 is 10.2 Å². The molecular weight excluding hydrogens is 256 g/mol. The van der Waals surface area contributed by atoms with Gasteiger partial charge >= 0.3 is 0 Å². The smallest absolute Gasteiger partial charge is 0.239 e. The third-order valence-electron chi connectivity index (χ3n) is 1.84. The third kappa shape index (κ3) is 4.99. The normalized spacial score (nSPS) is 19.5. The van der Waals surface area contributed by atoms with E-state index in [4.69, 9.17) is 11.6 Å². The first-order chi connectivity index (χ1) is 7.24. The Balaban J connectivity index is 2.50. The van der Waals surface area contributed by atoms with Crippen LogP contribution in [-0.4, -0.2) is 53.7 Å². The summed E-state index contributed by atoms with van der Waals surface area (Å²) in [6.07, 6.45) is 0. The highest BCUT2D eigenvalue weighted by Gasteiger charge is 2.16. The average molecular weight is 269 g/mol. The van der Waals surface area contributed by atoms with Gasteiger partial charge in [0, 0.05) is 24.6 Å². The maximum absolute atomic E-state index is 11.4. The van der Waals surface area contributed by atoms with Gasteiger partial charge in [-0.05, 0) is 0 Å². The van der Waals surface area contributed by atoms with Crippen LogP contribution in [0.3, 0.4) is 0 Å². The lowest BCUT2D eigenvalue weighted by atomic mass is 10.4. The van der Waals surface area contributed by atoms with E-state index in [2.05, 4.69) is 5.32 Å². The third-order valence-corrected chi connectivity index (χ3v) is 4.45. The van der Waals surface area contributed by atoms with Crippen LogP contribution in [0.4, 0.5) is 0 Å². The minimum Gasteiger partial charge on any atom is -0.354 e. The van der Waals surface area contributed by atoms with Crippen molar-refractivity contribution in [3.8, 4) is 0 Å². The molecule has 0 aromatic rings. The molecule has 1 fully saturated rings. The van der Waals surface area contributed by atoms with Crippen LogP contribution in [0.25, 0.3) is 0 Å². The molecule has 0 bridgehead atoms. The molecule has 2 amide bonds. The fourth-order valence-corrected chi connectivity index (χ4v) is 3.17. The van der Waals surface area contributed by atoms with Crippen LogP contribution >= 0.6 is 33.2 Å². The Morgan fingerprint density at radius 2 is 2.20 bits per heavy atom. The Kier molecular flexibility index (Phi) is 6.28. The van der Waals surface area contributed by atoms with Crippen LogP contribution in [0.2, 0.25) is 0 Å². The molecular formula is C8H13ClN2O2S2. The van der Waals surface area contributed by atoms with Crippen molar-refractivity contribution in [2.24, 2.45) is 0 Å². The summed E-state index contributed by atoms with van der Waals surface area (Å²) >= 11 is 5.47. The average Bonchev–Trinajstić information content (AvgIpc) is 2.25. The van der Waals surface area contributed by atoms with E-state index >= 15 is 0 Å². The maximum Gasteiger partial charge on any atom is 0.239 e. The van der Waals surface area contributed by atoms with Gasteiger partial charge in [0.25, 0.3) is 0 Å². The number of nitrogens with one attached hydrogen (secondary N) is 1. The summed E-state index contributed by atoms with van der Waals surface area (Å²) in [5, 5.41) is 2.75. The molecule has 1 heterocycles. The van der Waals surface area contributed by atoms with Gasteiger partial charge in [-0.25, -0.2) is 0 Å². The fraction of sp³-hybridized carbons (Fsp3) is 0.750. The molecule has 86 valence electrons. The molecule has 0 aliphatic carbocycles. The first-order valence-corrected chi connectivity index (χ1v) is 7.61. The Bertz CT molecular complexity index is 241. The summed E-state index contributed by atoms with van der Waals surface area (Å²) in [4.78, 5) is 24.2. The molecule has 7 heteroatoms. The predicted molar refractivity (Wildman–Crippen MR) is 65.2 cm³/mol. The number of carbonyl (C=O) groups excluding carboxylic acids is 2. The van der Waals surface area contributed by atoms with Crippen molar-refractivity contribution in [3.63, 3.8) is 0 Å². The summed E-state index contributed by atoms with van der Waals surface area (Å²) in [6.45, 7) is 1.35. The topological polar surface area (TPSA) is 49.4 Å². The van der Waals surface area contributed by atoms with E-state index in [9.17, 15) is 9.59 Å². The number of alkyl halides is 1. The zero-order valence-electron chi connectivity index (χ0n) is 8.20. The lowest BCUT2D eigenvalue weighted by Crippen LogP contribution is -2.43. The molecule has 1 rings (SSSR count). The maximum atomic E-state index is 11.4. The van der Waals surface area contributed by atoms with E-state index in [0.717, 1.165) is 11.5 Å². The number of carbonyl (C=O) groups is 2. The molecule has 0 aromatic heterocycles. The van der Waals surface area contributed by atoms with E-state index in [1.165, 1.54) is 4.90 Å². The van der Waals surface area contributed by atoms with Gasteiger partial charge in [0.1, 0.15) is 5.88 Å². The second-order valence-corrected chi connectivity index (χ2v) is 5.91. The Labute approximate surface area is 102 Å². The van der Waals surface area contributed by atoms with Gasteiger partial charge in [-0.2, -0.15) is 0 Å². The number of amides is 2. The van der Waals surface area contributed by atoms with Crippen molar-refractivity contribution in [1.82, 2.24) is 10.2 Å². The lowest BCUT2D eigenvalue weighted by molar-refractivity contribution is -0.133. The highest BCUT2D eigenvalue weighted by Crippen LogP contribution is 2.20. The Morgan fingerprint density at radius 1 is 1.47 bits per heavy atom. The minimum absolute atomic E-state index is 0.0644. The Hall–Kier alpha value is -0.0700. The van der Waals surface area contributed by atoms with Crippen molar-refractivity contribution in [2.75, 3.05) is 37.0 Å². The minimum atomic E-state index is -0.182. The molecule has 1 aliphatic rings. The summed E-state index contributed by atoms with van der Waals surface area (Å²) in [5.41, 5.74) is 0. The molecule has 0 radical (unpaired) electrons. The first kappa shape index (κ1) is 13.0. The summed E-state index contributed by atoms with van der Waals surface area (Å²) in [5.74, 6) is 1.38. The fourth-order valence-electron chi connectivity index (χ4n) is 1.10. The van der Waals surface area contributed by atoms with Gasteiger partial charge in [-0.15, -0.1) is 11.6 Å². The highest BCUT2D eigenvalue weighted by molar-refractivity contribution is 8.76. The number of hydrogen-bond acceptors (Lipinski definition) is 4. The van der Waals surface area contributed by atoms with Crippen LogP contribution < -0.4 is 5.32 Å². The summed E-state index contributed by atoms with van der Waals surface area (Å²) < 4.78 is 0. The van der Waals surface area contributed by atoms with Gasteiger partial charge in [0.2, 0.25) is 11.8 Å². The molecule has 1 aliphatic heterocycles. The van der Waals surface area contributed by atoms with Crippen LogP contribution in [0.5, 0.6) is 0 Å². The number of halogens is 1. The molecule has 0 spiro atoms. The second kappa shape index (κ2) is 7.24. The number of nitrogens with zero attached hydrogens (tertiary/aromatic N) is 1. The van der Waals surface area contributed by atoms with Crippen molar-refractivity contribution in [3.05, 3.63) is 0 Å². The lowest BCUT2D eigenvalue weighted by Gasteiger charge is -2.22. The van der Waals surface area contributed by atoms with E-state index in [0.29, 0.717) is 13.1 Å². The van der Waals surface area contributed by atoms with E-state index in [1.807, 2.05) is 0 Å². The van der Waals surface area contributed by atoms with Gasteiger partial charge in [0.05, 0.1) is 6.54 Å². The van der Waals surface area contributed by atoms with Crippen molar-refractivity contribution < 1.29 is 9.59 Å².